The van der Waals surface area contributed by atoms with E-state index in [-0.39, 0.29) is 18.0 Å². The maximum absolute atomic E-state index is 12.7. The lowest BCUT2D eigenvalue weighted by molar-refractivity contribution is -0.129. The highest BCUT2D eigenvalue weighted by molar-refractivity contribution is 7.90. The predicted molar refractivity (Wildman–Crippen MR) is 108 cm³/mol. The fourth-order valence-corrected chi connectivity index (χ4v) is 5.74. The quantitative estimate of drug-likeness (QED) is 0.778. The van der Waals surface area contributed by atoms with Gasteiger partial charge in [0.2, 0.25) is 15.9 Å². The Hall–Kier alpha value is -1.11. The van der Waals surface area contributed by atoms with E-state index in [1.807, 2.05) is 24.3 Å². The molecule has 1 aliphatic carbocycles. The number of likely N-dealkylation sites (tertiary alicyclic amines) is 1. The van der Waals surface area contributed by atoms with Gasteiger partial charge in [0.15, 0.2) is 0 Å². The molecule has 1 saturated carbocycles. The number of hydrogen-bond donors (Lipinski definition) is 1. The van der Waals surface area contributed by atoms with Crippen molar-refractivity contribution in [2.24, 2.45) is 5.92 Å². The zero-order chi connectivity index (χ0) is 19.4. The smallest absolute Gasteiger partial charge is 0.239 e. The summed E-state index contributed by atoms with van der Waals surface area (Å²) in [7, 11) is -3.61. The average molecular weight is 413 g/mol. The molecule has 0 radical (unpaired) electrons. The fraction of sp³-hybridized carbons (Fsp3) is 0.650. The first-order chi connectivity index (χ1) is 12.8. The van der Waals surface area contributed by atoms with E-state index in [1.165, 1.54) is 0 Å². The summed E-state index contributed by atoms with van der Waals surface area (Å²) in [5.74, 6) is -0.110. The lowest BCUT2D eigenvalue weighted by Gasteiger charge is -2.28. The van der Waals surface area contributed by atoms with Crippen molar-refractivity contribution in [3.8, 4) is 0 Å². The van der Waals surface area contributed by atoms with Crippen molar-refractivity contribution in [3.05, 3.63) is 34.9 Å². The molecule has 1 aromatic rings. The van der Waals surface area contributed by atoms with Crippen LogP contribution in [-0.4, -0.2) is 43.6 Å². The zero-order valence-corrected chi connectivity index (χ0v) is 17.4. The lowest BCUT2D eigenvalue weighted by atomic mass is 9.88. The number of carbonyl (C=O) groups excluding carboxylic acids is 1. The molecule has 1 atom stereocenters. The first-order valence-electron chi connectivity index (χ1n) is 9.87. The van der Waals surface area contributed by atoms with E-state index in [2.05, 4.69) is 11.6 Å². The molecule has 2 fully saturated rings. The van der Waals surface area contributed by atoms with Gasteiger partial charge in [0.1, 0.15) is 5.75 Å². The van der Waals surface area contributed by atoms with Crippen LogP contribution in [0.3, 0.4) is 0 Å². The van der Waals surface area contributed by atoms with Crippen LogP contribution in [0.15, 0.2) is 24.3 Å². The standard InChI is InChI=1S/C20H29ClN2O3S/c1-15-8-10-17(11-9-15)22-27(25,26)14-20(24)23-12-4-6-18(23)13-16-5-2-3-7-19(16)21/h2-3,5,7,15,17-18,22H,4,6,8-14H2,1H3/t15?,17?,18-/m1/s1. The molecule has 1 amide bonds. The molecule has 0 unspecified atom stereocenters. The van der Waals surface area contributed by atoms with Gasteiger partial charge in [-0.25, -0.2) is 13.1 Å². The third-order valence-corrected chi connectivity index (χ3v) is 7.47. The summed E-state index contributed by atoms with van der Waals surface area (Å²) in [4.78, 5) is 14.4. The topological polar surface area (TPSA) is 66.5 Å². The third-order valence-electron chi connectivity index (χ3n) is 5.79. The second-order valence-electron chi connectivity index (χ2n) is 8.01. The van der Waals surface area contributed by atoms with Crippen LogP contribution in [0, 0.1) is 5.92 Å². The van der Waals surface area contributed by atoms with E-state index < -0.39 is 15.8 Å². The van der Waals surface area contributed by atoms with Gasteiger partial charge >= 0.3 is 0 Å². The summed E-state index contributed by atoms with van der Waals surface area (Å²) >= 11 is 6.25. The Morgan fingerprint density at radius 2 is 1.89 bits per heavy atom. The van der Waals surface area contributed by atoms with Gasteiger partial charge < -0.3 is 4.90 Å². The molecule has 1 aromatic carbocycles. The first-order valence-corrected chi connectivity index (χ1v) is 11.9. The van der Waals surface area contributed by atoms with Crippen molar-refractivity contribution in [2.75, 3.05) is 12.3 Å². The van der Waals surface area contributed by atoms with Crippen LogP contribution < -0.4 is 4.72 Å². The van der Waals surface area contributed by atoms with Crippen LogP contribution in [0.1, 0.15) is 51.0 Å². The summed E-state index contributed by atoms with van der Waals surface area (Å²) in [6.07, 6.45) is 6.22. The van der Waals surface area contributed by atoms with E-state index in [0.29, 0.717) is 23.9 Å². The first kappa shape index (κ1) is 20.6. The van der Waals surface area contributed by atoms with Gasteiger partial charge in [-0.2, -0.15) is 0 Å². The Kier molecular flexibility index (Phi) is 6.82. The number of halogens is 1. The summed E-state index contributed by atoms with van der Waals surface area (Å²) in [6.45, 7) is 2.81. The van der Waals surface area contributed by atoms with Crippen LogP contribution in [0.4, 0.5) is 0 Å². The Morgan fingerprint density at radius 3 is 2.59 bits per heavy atom. The molecule has 2 aliphatic rings. The van der Waals surface area contributed by atoms with Crippen LogP contribution in [-0.2, 0) is 21.2 Å². The van der Waals surface area contributed by atoms with Crippen molar-refractivity contribution in [2.45, 2.75) is 64.0 Å². The Balaban J connectivity index is 1.58. The highest BCUT2D eigenvalue weighted by Gasteiger charge is 2.32. The van der Waals surface area contributed by atoms with Gasteiger partial charge in [-0.1, -0.05) is 36.7 Å². The van der Waals surface area contributed by atoms with Crippen molar-refractivity contribution >= 4 is 27.5 Å². The number of amides is 1. The molecule has 0 bridgehead atoms. The van der Waals surface area contributed by atoms with E-state index in [1.54, 1.807) is 4.90 Å². The number of hydrogen-bond acceptors (Lipinski definition) is 3. The van der Waals surface area contributed by atoms with E-state index in [0.717, 1.165) is 44.1 Å². The maximum Gasteiger partial charge on any atom is 0.239 e. The van der Waals surface area contributed by atoms with Crippen molar-refractivity contribution in [3.63, 3.8) is 0 Å². The molecule has 5 nitrogen and oxygen atoms in total. The molecule has 1 N–H and O–H groups in total. The molecule has 0 aromatic heterocycles. The minimum atomic E-state index is -3.61. The average Bonchev–Trinajstić information content (AvgIpc) is 3.07. The molecule has 1 aliphatic heterocycles. The number of benzene rings is 1. The van der Waals surface area contributed by atoms with E-state index >= 15 is 0 Å². The highest BCUT2D eigenvalue weighted by Crippen LogP contribution is 2.26. The van der Waals surface area contributed by atoms with Crippen LogP contribution in [0.2, 0.25) is 5.02 Å². The second kappa shape index (κ2) is 8.93. The lowest BCUT2D eigenvalue weighted by Crippen LogP contribution is -2.45. The molecule has 0 spiro atoms. The van der Waals surface area contributed by atoms with E-state index in [4.69, 9.17) is 11.6 Å². The number of carbonyl (C=O) groups is 1. The van der Waals surface area contributed by atoms with Crippen molar-refractivity contribution in [1.82, 2.24) is 9.62 Å². The summed E-state index contributed by atoms with van der Waals surface area (Å²) in [5.41, 5.74) is 1.00. The van der Waals surface area contributed by atoms with E-state index in [9.17, 15) is 13.2 Å². The zero-order valence-electron chi connectivity index (χ0n) is 15.9. The van der Waals surface area contributed by atoms with Gasteiger partial charge in [-0.15, -0.1) is 0 Å². The second-order valence-corrected chi connectivity index (χ2v) is 10.2. The summed E-state index contributed by atoms with van der Waals surface area (Å²) in [6, 6.07) is 7.61. The van der Waals surface area contributed by atoms with Gasteiger partial charge in [0.25, 0.3) is 0 Å². The predicted octanol–water partition coefficient (Wildman–Crippen LogP) is 3.37. The molecular weight excluding hydrogens is 384 g/mol. The Bertz CT molecular complexity index is 760. The molecule has 1 saturated heterocycles. The highest BCUT2D eigenvalue weighted by atomic mass is 35.5. The van der Waals surface area contributed by atoms with Crippen LogP contribution >= 0.6 is 11.6 Å². The van der Waals surface area contributed by atoms with Crippen LogP contribution in [0.5, 0.6) is 0 Å². The Labute approximate surface area is 167 Å². The van der Waals surface area contributed by atoms with Crippen LogP contribution in [0.25, 0.3) is 0 Å². The molecule has 1 heterocycles. The summed E-state index contributed by atoms with van der Waals surface area (Å²) in [5, 5.41) is 0.692. The minimum absolute atomic E-state index is 0.0168. The van der Waals surface area contributed by atoms with Crippen molar-refractivity contribution < 1.29 is 13.2 Å². The summed E-state index contributed by atoms with van der Waals surface area (Å²) < 4.78 is 27.7. The molecule has 3 rings (SSSR count). The van der Waals surface area contributed by atoms with Gasteiger partial charge in [0.05, 0.1) is 0 Å². The molecule has 27 heavy (non-hydrogen) atoms. The number of nitrogens with one attached hydrogen (secondary N) is 1. The number of rotatable bonds is 6. The van der Waals surface area contributed by atoms with Gasteiger partial charge in [-0.3, -0.25) is 4.79 Å². The SMILES string of the molecule is CC1CCC(NS(=O)(=O)CC(=O)N2CCC[C@@H]2Cc2ccccc2Cl)CC1. The molecule has 7 heteroatoms. The van der Waals surface area contributed by atoms with Gasteiger partial charge in [-0.05, 0) is 62.5 Å². The fourth-order valence-electron chi connectivity index (χ4n) is 4.21. The van der Waals surface area contributed by atoms with Gasteiger partial charge in [0, 0.05) is 23.7 Å². The Morgan fingerprint density at radius 1 is 1.19 bits per heavy atom. The number of sulfonamides is 1. The number of nitrogens with zero attached hydrogens (tertiary/aromatic N) is 1. The normalized spacial score (nSPS) is 26.3. The molecular formula is C20H29ClN2O3S. The maximum atomic E-state index is 12.7. The monoisotopic (exact) mass is 412 g/mol. The third kappa shape index (κ3) is 5.69. The largest absolute Gasteiger partial charge is 0.338 e. The van der Waals surface area contributed by atoms with Crippen molar-refractivity contribution in [1.29, 1.82) is 0 Å². The molecule has 150 valence electrons. The minimum Gasteiger partial charge on any atom is -0.338 e.